The summed E-state index contributed by atoms with van der Waals surface area (Å²) in [4.78, 5) is 4.41. The van der Waals surface area contributed by atoms with Crippen molar-refractivity contribution in [3.63, 3.8) is 0 Å². The van der Waals surface area contributed by atoms with Crippen LogP contribution in [-0.2, 0) is 25.4 Å². The summed E-state index contributed by atoms with van der Waals surface area (Å²) < 4.78 is 2.06. The maximum absolute atomic E-state index is 6.68. The second-order valence-corrected chi connectivity index (χ2v) is 5.30. The second-order valence-electron chi connectivity index (χ2n) is 5.30. The smallest absolute Gasteiger partial charge is 0.110 e. The molecule has 1 heterocycles. The van der Waals surface area contributed by atoms with Gasteiger partial charge in [0.25, 0.3) is 0 Å². The van der Waals surface area contributed by atoms with Crippen LogP contribution in [-0.4, -0.2) is 9.55 Å². The third kappa shape index (κ3) is 1.85. The van der Waals surface area contributed by atoms with Gasteiger partial charge in [-0.3, -0.25) is 0 Å². The van der Waals surface area contributed by atoms with Gasteiger partial charge in [-0.15, -0.1) is 0 Å². The van der Waals surface area contributed by atoms with Crippen molar-refractivity contribution in [1.82, 2.24) is 9.55 Å². The van der Waals surface area contributed by atoms with Gasteiger partial charge in [0.1, 0.15) is 5.82 Å². The summed E-state index contributed by atoms with van der Waals surface area (Å²) in [5.41, 5.74) is 9.13. The average molecular weight is 241 g/mol. The van der Waals surface area contributed by atoms with E-state index in [-0.39, 0.29) is 5.54 Å². The molecule has 94 valence electrons. The highest BCUT2D eigenvalue weighted by Crippen LogP contribution is 2.35. The minimum Gasteiger partial charge on any atom is -0.338 e. The average Bonchev–Trinajstić information content (AvgIpc) is 2.75. The minimum absolute atomic E-state index is 0.256. The molecule has 0 spiro atoms. The van der Waals surface area contributed by atoms with Crippen LogP contribution in [0, 0.1) is 0 Å². The van der Waals surface area contributed by atoms with E-state index in [4.69, 9.17) is 5.73 Å². The van der Waals surface area contributed by atoms with Gasteiger partial charge in [0.2, 0.25) is 0 Å². The molecule has 2 aromatic rings. The van der Waals surface area contributed by atoms with Crippen molar-refractivity contribution in [2.24, 2.45) is 12.8 Å². The molecular formula is C15H19N3. The molecule has 3 rings (SSSR count). The molecule has 1 aromatic carbocycles. The first-order chi connectivity index (χ1) is 8.69. The van der Waals surface area contributed by atoms with Gasteiger partial charge in [0.05, 0.1) is 0 Å². The Morgan fingerprint density at radius 2 is 2.22 bits per heavy atom. The highest BCUT2D eigenvalue weighted by molar-refractivity contribution is 5.36. The van der Waals surface area contributed by atoms with Crippen LogP contribution in [0.2, 0.25) is 0 Å². The molecule has 1 unspecified atom stereocenters. The number of hydrogen-bond acceptors (Lipinski definition) is 2. The van der Waals surface area contributed by atoms with Crippen LogP contribution in [0.1, 0.15) is 29.8 Å². The molecule has 0 saturated heterocycles. The monoisotopic (exact) mass is 241 g/mol. The minimum atomic E-state index is -0.256. The first-order valence-electron chi connectivity index (χ1n) is 6.52. The zero-order chi connectivity index (χ0) is 12.6. The van der Waals surface area contributed by atoms with Gasteiger partial charge in [0, 0.05) is 31.4 Å². The van der Waals surface area contributed by atoms with Crippen molar-refractivity contribution in [1.29, 1.82) is 0 Å². The van der Waals surface area contributed by atoms with Gasteiger partial charge in [0.15, 0.2) is 0 Å². The summed E-state index contributed by atoms with van der Waals surface area (Å²) in [5.74, 6) is 1.06. The molecule has 0 saturated carbocycles. The SMILES string of the molecule is Cn1ccnc1CC1(N)CCCc2ccccc21. The third-order valence-corrected chi connectivity index (χ3v) is 4.02. The van der Waals surface area contributed by atoms with Crippen molar-refractivity contribution in [2.45, 2.75) is 31.2 Å². The maximum atomic E-state index is 6.68. The number of aryl methyl sites for hydroxylation is 2. The molecule has 2 N–H and O–H groups in total. The topological polar surface area (TPSA) is 43.8 Å². The first-order valence-corrected chi connectivity index (χ1v) is 6.52. The van der Waals surface area contributed by atoms with Crippen molar-refractivity contribution < 1.29 is 0 Å². The van der Waals surface area contributed by atoms with Crippen LogP contribution in [0.15, 0.2) is 36.7 Å². The van der Waals surface area contributed by atoms with Crippen LogP contribution in [0.5, 0.6) is 0 Å². The zero-order valence-corrected chi connectivity index (χ0v) is 10.8. The Balaban J connectivity index is 1.98. The largest absolute Gasteiger partial charge is 0.338 e. The van der Waals surface area contributed by atoms with E-state index in [0.29, 0.717) is 0 Å². The molecule has 0 radical (unpaired) electrons. The Bertz CT molecular complexity index is 558. The van der Waals surface area contributed by atoms with E-state index < -0.39 is 0 Å². The number of nitrogens with zero attached hydrogens (tertiary/aromatic N) is 2. The van der Waals surface area contributed by atoms with E-state index in [1.807, 2.05) is 19.4 Å². The molecule has 3 heteroatoms. The van der Waals surface area contributed by atoms with Gasteiger partial charge in [-0.1, -0.05) is 24.3 Å². The molecule has 3 nitrogen and oxygen atoms in total. The summed E-state index contributed by atoms with van der Waals surface area (Å²) in [6.07, 6.45) is 7.98. The standard InChI is InChI=1S/C15H19N3/c1-18-10-9-17-14(18)11-15(16)8-4-6-12-5-2-3-7-13(12)15/h2-3,5,7,9-10H,4,6,8,11,16H2,1H3. The molecule has 0 aliphatic heterocycles. The van der Waals surface area contributed by atoms with Crippen molar-refractivity contribution >= 4 is 0 Å². The predicted molar refractivity (Wildman–Crippen MR) is 72.2 cm³/mol. The summed E-state index contributed by atoms with van der Waals surface area (Å²) in [6, 6.07) is 8.57. The number of benzene rings is 1. The Morgan fingerprint density at radius 1 is 1.39 bits per heavy atom. The lowest BCUT2D eigenvalue weighted by molar-refractivity contribution is 0.359. The number of imidazole rings is 1. The molecule has 1 aliphatic carbocycles. The number of hydrogen-bond donors (Lipinski definition) is 1. The van der Waals surface area contributed by atoms with Crippen molar-refractivity contribution in [3.8, 4) is 0 Å². The van der Waals surface area contributed by atoms with Crippen LogP contribution < -0.4 is 5.73 Å². The number of aromatic nitrogens is 2. The Hall–Kier alpha value is -1.61. The van der Waals surface area contributed by atoms with E-state index in [1.165, 1.54) is 11.1 Å². The molecule has 0 bridgehead atoms. The fraction of sp³-hybridized carbons (Fsp3) is 0.400. The van der Waals surface area contributed by atoms with E-state index in [2.05, 4.69) is 33.8 Å². The summed E-state index contributed by atoms with van der Waals surface area (Å²) in [5, 5.41) is 0. The van der Waals surface area contributed by atoms with Crippen LogP contribution >= 0.6 is 0 Å². The number of rotatable bonds is 2. The van der Waals surface area contributed by atoms with Gasteiger partial charge in [-0.2, -0.15) is 0 Å². The molecule has 1 atom stereocenters. The van der Waals surface area contributed by atoms with Gasteiger partial charge < -0.3 is 10.3 Å². The lowest BCUT2D eigenvalue weighted by atomic mass is 9.75. The third-order valence-electron chi connectivity index (χ3n) is 4.02. The fourth-order valence-corrected chi connectivity index (χ4v) is 2.99. The molecule has 1 aliphatic rings. The number of nitrogens with two attached hydrogens (primary N) is 1. The molecular weight excluding hydrogens is 222 g/mol. The normalized spacial score (nSPS) is 22.8. The van der Waals surface area contributed by atoms with E-state index >= 15 is 0 Å². The van der Waals surface area contributed by atoms with Gasteiger partial charge in [-0.05, 0) is 30.4 Å². The van der Waals surface area contributed by atoms with Crippen LogP contribution in [0.3, 0.4) is 0 Å². The van der Waals surface area contributed by atoms with E-state index in [1.54, 1.807) is 0 Å². The van der Waals surface area contributed by atoms with Crippen LogP contribution in [0.25, 0.3) is 0 Å². The summed E-state index contributed by atoms with van der Waals surface area (Å²) in [7, 11) is 2.03. The van der Waals surface area contributed by atoms with Crippen molar-refractivity contribution in [3.05, 3.63) is 53.6 Å². The summed E-state index contributed by atoms with van der Waals surface area (Å²) >= 11 is 0. The lowest BCUT2D eigenvalue weighted by Crippen LogP contribution is -2.42. The molecule has 0 fully saturated rings. The maximum Gasteiger partial charge on any atom is 0.110 e. The molecule has 0 amide bonds. The van der Waals surface area contributed by atoms with Crippen molar-refractivity contribution in [2.75, 3.05) is 0 Å². The Labute approximate surface area is 108 Å². The van der Waals surface area contributed by atoms with E-state index in [9.17, 15) is 0 Å². The number of fused-ring (bicyclic) bond motifs is 1. The zero-order valence-electron chi connectivity index (χ0n) is 10.8. The second kappa shape index (κ2) is 4.25. The Morgan fingerprint density at radius 3 is 3.00 bits per heavy atom. The highest BCUT2D eigenvalue weighted by atomic mass is 15.0. The first kappa shape index (κ1) is 11.5. The van der Waals surface area contributed by atoms with Gasteiger partial charge in [-0.25, -0.2) is 4.98 Å². The Kier molecular flexibility index (Phi) is 2.71. The molecule has 18 heavy (non-hydrogen) atoms. The van der Waals surface area contributed by atoms with E-state index in [0.717, 1.165) is 31.5 Å². The summed E-state index contributed by atoms with van der Waals surface area (Å²) in [6.45, 7) is 0. The quantitative estimate of drug-likeness (QED) is 0.875. The molecule has 1 aromatic heterocycles. The van der Waals surface area contributed by atoms with Crippen LogP contribution in [0.4, 0.5) is 0 Å². The fourth-order valence-electron chi connectivity index (χ4n) is 2.99. The lowest BCUT2D eigenvalue weighted by Gasteiger charge is -2.35. The predicted octanol–water partition coefficient (Wildman–Crippen LogP) is 2.15. The van der Waals surface area contributed by atoms with Gasteiger partial charge >= 0.3 is 0 Å². The highest BCUT2D eigenvalue weighted by Gasteiger charge is 2.33.